The Morgan fingerprint density at radius 3 is 2.56 bits per heavy atom. The van der Waals surface area contributed by atoms with Crippen molar-refractivity contribution in [1.82, 2.24) is 4.90 Å². The largest absolute Gasteiger partial charge is 0.394 e. The molecule has 0 amide bonds. The molecule has 0 spiro atoms. The lowest BCUT2D eigenvalue weighted by molar-refractivity contribution is 0.0857. The first-order chi connectivity index (χ1) is 8.56. The summed E-state index contributed by atoms with van der Waals surface area (Å²) in [7, 11) is 0. The van der Waals surface area contributed by atoms with Crippen LogP contribution in [0.3, 0.4) is 0 Å². The second-order valence-electron chi connectivity index (χ2n) is 6.70. The summed E-state index contributed by atoms with van der Waals surface area (Å²) in [5.74, 6) is 0. The van der Waals surface area contributed by atoms with Gasteiger partial charge in [-0.3, -0.25) is 4.90 Å². The molecule has 1 heterocycles. The lowest BCUT2D eigenvalue weighted by atomic mass is 9.79. The van der Waals surface area contributed by atoms with Crippen molar-refractivity contribution in [3.8, 4) is 0 Å². The molecule has 0 radical (unpaired) electrons. The standard InChI is InChI=1S/C15H30N2O/c1-3-14(4-2)8-9-17(11-14)13-6-5-7-15(16,10-13)12-18/h13,18H,3-12,16H2,1-2H3. The van der Waals surface area contributed by atoms with E-state index >= 15 is 0 Å². The van der Waals surface area contributed by atoms with Crippen LogP contribution in [0.25, 0.3) is 0 Å². The number of nitrogens with two attached hydrogens (primary N) is 1. The molecule has 2 atom stereocenters. The molecule has 3 heteroatoms. The van der Waals surface area contributed by atoms with Gasteiger partial charge in [-0.05, 0) is 56.9 Å². The Kier molecular flexibility index (Phi) is 4.35. The van der Waals surface area contributed by atoms with Crippen molar-refractivity contribution in [3.63, 3.8) is 0 Å². The van der Waals surface area contributed by atoms with E-state index in [-0.39, 0.29) is 12.1 Å². The molecule has 2 fully saturated rings. The molecule has 2 unspecified atom stereocenters. The van der Waals surface area contributed by atoms with Gasteiger partial charge in [0.05, 0.1) is 6.61 Å². The first-order valence-corrected chi connectivity index (χ1v) is 7.70. The molecule has 1 saturated heterocycles. The van der Waals surface area contributed by atoms with E-state index in [0.29, 0.717) is 11.5 Å². The third-order valence-corrected chi connectivity index (χ3v) is 5.65. The SMILES string of the molecule is CCC1(CC)CCN(C2CCCC(N)(CO)C2)C1. The highest BCUT2D eigenvalue weighted by Gasteiger charge is 2.41. The average Bonchev–Trinajstić information content (AvgIpc) is 2.84. The van der Waals surface area contributed by atoms with Gasteiger partial charge in [-0.2, -0.15) is 0 Å². The minimum absolute atomic E-state index is 0.143. The topological polar surface area (TPSA) is 49.5 Å². The van der Waals surface area contributed by atoms with Gasteiger partial charge >= 0.3 is 0 Å². The predicted octanol–water partition coefficient (Wildman–Crippen LogP) is 2.13. The molecule has 3 nitrogen and oxygen atoms in total. The summed E-state index contributed by atoms with van der Waals surface area (Å²) in [5, 5.41) is 9.46. The molecule has 2 rings (SSSR count). The van der Waals surface area contributed by atoms with Crippen LogP contribution in [0.4, 0.5) is 0 Å². The van der Waals surface area contributed by atoms with Gasteiger partial charge in [0.1, 0.15) is 0 Å². The lowest BCUT2D eigenvalue weighted by Crippen LogP contribution is -2.53. The highest BCUT2D eigenvalue weighted by Crippen LogP contribution is 2.40. The van der Waals surface area contributed by atoms with Gasteiger partial charge in [-0.25, -0.2) is 0 Å². The molecular formula is C15H30N2O. The van der Waals surface area contributed by atoms with Crippen molar-refractivity contribution < 1.29 is 5.11 Å². The van der Waals surface area contributed by atoms with Gasteiger partial charge in [-0.1, -0.05) is 13.8 Å². The van der Waals surface area contributed by atoms with Crippen LogP contribution in [0, 0.1) is 5.41 Å². The highest BCUT2D eigenvalue weighted by atomic mass is 16.3. The van der Waals surface area contributed by atoms with E-state index in [1.807, 2.05) is 0 Å². The highest BCUT2D eigenvalue weighted by molar-refractivity contribution is 4.97. The minimum Gasteiger partial charge on any atom is -0.394 e. The summed E-state index contributed by atoms with van der Waals surface area (Å²) >= 11 is 0. The van der Waals surface area contributed by atoms with Crippen LogP contribution >= 0.6 is 0 Å². The van der Waals surface area contributed by atoms with Crippen molar-refractivity contribution in [2.75, 3.05) is 19.7 Å². The van der Waals surface area contributed by atoms with E-state index in [9.17, 15) is 5.11 Å². The minimum atomic E-state index is -0.313. The average molecular weight is 254 g/mol. The second-order valence-corrected chi connectivity index (χ2v) is 6.70. The smallest absolute Gasteiger partial charge is 0.0611 e. The van der Waals surface area contributed by atoms with Gasteiger partial charge in [0.25, 0.3) is 0 Å². The molecular weight excluding hydrogens is 224 g/mol. The maximum atomic E-state index is 9.46. The summed E-state index contributed by atoms with van der Waals surface area (Å²) in [4.78, 5) is 2.66. The van der Waals surface area contributed by atoms with E-state index in [1.165, 1.54) is 45.2 Å². The Morgan fingerprint density at radius 2 is 2.00 bits per heavy atom. The summed E-state index contributed by atoms with van der Waals surface area (Å²) in [6.45, 7) is 7.27. The fourth-order valence-corrected chi connectivity index (χ4v) is 3.93. The van der Waals surface area contributed by atoms with E-state index in [0.717, 1.165) is 12.8 Å². The quantitative estimate of drug-likeness (QED) is 0.808. The fraction of sp³-hybridized carbons (Fsp3) is 1.00. The second kappa shape index (κ2) is 5.48. The Labute approximate surface area is 112 Å². The maximum absolute atomic E-state index is 9.46. The molecule has 0 aromatic carbocycles. The van der Waals surface area contributed by atoms with Crippen molar-refractivity contribution >= 4 is 0 Å². The zero-order chi connectivity index (χ0) is 13.2. The lowest BCUT2D eigenvalue weighted by Gasteiger charge is -2.41. The van der Waals surface area contributed by atoms with E-state index in [1.54, 1.807) is 0 Å². The van der Waals surface area contributed by atoms with Crippen molar-refractivity contribution in [3.05, 3.63) is 0 Å². The number of hydrogen-bond acceptors (Lipinski definition) is 3. The first kappa shape index (κ1) is 14.3. The Hall–Kier alpha value is -0.120. The zero-order valence-corrected chi connectivity index (χ0v) is 12.1. The van der Waals surface area contributed by atoms with Crippen LogP contribution in [-0.2, 0) is 0 Å². The summed E-state index contributed by atoms with van der Waals surface area (Å²) in [6, 6.07) is 0.607. The van der Waals surface area contributed by atoms with Crippen LogP contribution in [0.15, 0.2) is 0 Å². The summed E-state index contributed by atoms with van der Waals surface area (Å²) in [6.07, 6.45) is 8.33. The van der Waals surface area contributed by atoms with Crippen molar-refractivity contribution in [1.29, 1.82) is 0 Å². The molecule has 0 aromatic rings. The van der Waals surface area contributed by atoms with E-state index in [4.69, 9.17) is 5.73 Å². The Morgan fingerprint density at radius 1 is 1.28 bits per heavy atom. The van der Waals surface area contributed by atoms with Crippen LogP contribution in [0.5, 0.6) is 0 Å². The molecule has 0 aromatic heterocycles. The van der Waals surface area contributed by atoms with Crippen LogP contribution in [0.2, 0.25) is 0 Å². The summed E-state index contributed by atoms with van der Waals surface area (Å²) < 4.78 is 0. The van der Waals surface area contributed by atoms with Gasteiger partial charge in [-0.15, -0.1) is 0 Å². The Balaban J connectivity index is 1.97. The third kappa shape index (κ3) is 2.73. The Bertz CT molecular complexity index is 278. The van der Waals surface area contributed by atoms with Crippen molar-refractivity contribution in [2.24, 2.45) is 11.1 Å². The molecule has 18 heavy (non-hydrogen) atoms. The number of nitrogens with zero attached hydrogens (tertiary/aromatic N) is 1. The molecule has 1 aliphatic heterocycles. The fourth-order valence-electron chi connectivity index (χ4n) is 3.93. The van der Waals surface area contributed by atoms with Gasteiger partial charge in [0.2, 0.25) is 0 Å². The van der Waals surface area contributed by atoms with Crippen molar-refractivity contribution in [2.45, 2.75) is 70.4 Å². The molecule has 106 valence electrons. The molecule has 0 bridgehead atoms. The van der Waals surface area contributed by atoms with Crippen LogP contribution < -0.4 is 5.73 Å². The monoisotopic (exact) mass is 254 g/mol. The van der Waals surface area contributed by atoms with E-state index in [2.05, 4.69) is 18.7 Å². The third-order valence-electron chi connectivity index (χ3n) is 5.65. The number of rotatable bonds is 4. The van der Waals surface area contributed by atoms with E-state index < -0.39 is 0 Å². The summed E-state index contributed by atoms with van der Waals surface area (Å²) in [5.41, 5.74) is 6.51. The van der Waals surface area contributed by atoms with Gasteiger partial charge < -0.3 is 10.8 Å². The zero-order valence-electron chi connectivity index (χ0n) is 12.1. The maximum Gasteiger partial charge on any atom is 0.0611 e. The van der Waals surface area contributed by atoms with Gasteiger partial charge in [0.15, 0.2) is 0 Å². The molecule has 1 saturated carbocycles. The first-order valence-electron chi connectivity index (χ1n) is 7.70. The number of likely N-dealkylation sites (tertiary alicyclic amines) is 1. The van der Waals surface area contributed by atoms with Crippen LogP contribution in [-0.4, -0.2) is 41.3 Å². The normalized spacial score (nSPS) is 37.0. The molecule has 3 N–H and O–H groups in total. The number of hydrogen-bond donors (Lipinski definition) is 2. The predicted molar refractivity (Wildman–Crippen MR) is 75.5 cm³/mol. The molecule has 1 aliphatic carbocycles. The van der Waals surface area contributed by atoms with Gasteiger partial charge in [0, 0.05) is 18.1 Å². The molecule has 2 aliphatic rings. The number of aliphatic hydroxyl groups is 1. The number of aliphatic hydroxyl groups excluding tert-OH is 1. The van der Waals surface area contributed by atoms with Crippen LogP contribution in [0.1, 0.15) is 58.8 Å².